The van der Waals surface area contributed by atoms with Gasteiger partial charge < -0.3 is 10.6 Å². The van der Waals surface area contributed by atoms with E-state index in [0.29, 0.717) is 11.4 Å². The van der Waals surface area contributed by atoms with Crippen LogP contribution in [0.15, 0.2) is 36.4 Å². The van der Waals surface area contributed by atoms with Crippen molar-refractivity contribution in [2.75, 3.05) is 17.7 Å². The van der Waals surface area contributed by atoms with Crippen molar-refractivity contribution in [2.45, 2.75) is 20.3 Å². The van der Waals surface area contributed by atoms with Crippen LogP contribution in [0.4, 0.5) is 11.5 Å². The number of aryl methyl sites for hydroxylation is 2. The standard InChI is InChI=1S/C16H19N3O/c1-4-12-5-7-14(8-6-12)19(3)16(20)13-9-11(2)18-15(17)10-13/h5-10H,4H2,1-3H3,(H2,17,18). The van der Waals surface area contributed by atoms with Crippen LogP contribution >= 0.6 is 0 Å². The first kappa shape index (κ1) is 14.1. The summed E-state index contributed by atoms with van der Waals surface area (Å²) < 4.78 is 0. The Balaban J connectivity index is 2.27. The Bertz CT molecular complexity index is 600. The van der Waals surface area contributed by atoms with E-state index in [1.807, 2.05) is 31.2 Å². The number of nitrogen functional groups attached to an aromatic ring is 1. The number of nitrogens with zero attached hydrogens (tertiary/aromatic N) is 2. The van der Waals surface area contributed by atoms with E-state index in [1.165, 1.54) is 5.56 Å². The summed E-state index contributed by atoms with van der Waals surface area (Å²) in [5.41, 5.74) is 9.09. The predicted molar refractivity (Wildman–Crippen MR) is 81.9 cm³/mol. The van der Waals surface area contributed by atoms with Crippen molar-refractivity contribution in [3.63, 3.8) is 0 Å². The molecule has 0 unspecified atom stereocenters. The number of carbonyl (C=O) groups is 1. The molecular formula is C16H19N3O. The van der Waals surface area contributed by atoms with Crippen LogP contribution in [0.5, 0.6) is 0 Å². The number of rotatable bonds is 3. The molecule has 1 aromatic heterocycles. The van der Waals surface area contributed by atoms with Gasteiger partial charge in [0.05, 0.1) is 0 Å². The smallest absolute Gasteiger partial charge is 0.258 e. The quantitative estimate of drug-likeness (QED) is 0.932. The minimum Gasteiger partial charge on any atom is -0.384 e. The topological polar surface area (TPSA) is 59.2 Å². The molecule has 0 spiro atoms. The van der Waals surface area contributed by atoms with E-state index in [-0.39, 0.29) is 5.91 Å². The number of pyridine rings is 1. The van der Waals surface area contributed by atoms with Gasteiger partial charge in [0.2, 0.25) is 0 Å². The van der Waals surface area contributed by atoms with Gasteiger partial charge in [-0.1, -0.05) is 19.1 Å². The van der Waals surface area contributed by atoms with Gasteiger partial charge in [-0.3, -0.25) is 4.79 Å². The predicted octanol–water partition coefficient (Wildman–Crippen LogP) is 2.81. The average Bonchev–Trinajstić information content (AvgIpc) is 2.45. The van der Waals surface area contributed by atoms with Gasteiger partial charge in [0, 0.05) is 24.0 Å². The molecule has 0 aliphatic heterocycles. The van der Waals surface area contributed by atoms with E-state index in [1.54, 1.807) is 24.1 Å². The van der Waals surface area contributed by atoms with Crippen LogP contribution in [-0.2, 0) is 6.42 Å². The molecule has 0 aliphatic rings. The summed E-state index contributed by atoms with van der Waals surface area (Å²) in [7, 11) is 1.76. The summed E-state index contributed by atoms with van der Waals surface area (Å²) >= 11 is 0. The highest BCUT2D eigenvalue weighted by Crippen LogP contribution is 2.18. The van der Waals surface area contributed by atoms with Gasteiger partial charge in [-0.15, -0.1) is 0 Å². The third-order valence-electron chi connectivity index (χ3n) is 3.26. The molecule has 0 bridgehead atoms. The Morgan fingerprint density at radius 2 is 1.90 bits per heavy atom. The Labute approximate surface area is 119 Å². The number of hydrogen-bond acceptors (Lipinski definition) is 3. The van der Waals surface area contributed by atoms with Gasteiger partial charge >= 0.3 is 0 Å². The second-order valence-corrected chi connectivity index (χ2v) is 4.81. The lowest BCUT2D eigenvalue weighted by Crippen LogP contribution is -2.26. The third-order valence-corrected chi connectivity index (χ3v) is 3.26. The Morgan fingerprint density at radius 3 is 2.45 bits per heavy atom. The lowest BCUT2D eigenvalue weighted by molar-refractivity contribution is 0.0993. The third kappa shape index (κ3) is 2.96. The van der Waals surface area contributed by atoms with Gasteiger partial charge in [0.1, 0.15) is 5.82 Å². The monoisotopic (exact) mass is 269 g/mol. The summed E-state index contributed by atoms with van der Waals surface area (Å²) in [5.74, 6) is 0.273. The maximum absolute atomic E-state index is 12.4. The number of anilines is 2. The van der Waals surface area contributed by atoms with Crippen LogP contribution in [0.1, 0.15) is 28.5 Å². The average molecular weight is 269 g/mol. The molecule has 4 nitrogen and oxygen atoms in total. The highest BCUT2D eigenvalue weighted by Gasteiger charge is 2.14. The Kier molecular flexibility index (Phi) is 4.03. The van der Waals surface area contributed by atoms with E-state index in [4.69, 9.17) is 5.73 Å². The number of hydrogen-bond donors (Lipinski definition) is 1. The second-order valence-electron chi connectivity index (χ2n) is 4.81. The van der Waals surface area contributed by atoms with E-state index < -0.39 is 0 Å². The van der Waals surface area contributed by atoms with E-state index in [0.717, 1.165) is 17.8 Å². The van der Waals surface area contributed by atoms with E-state index in [9.17, 15) is 4.79 Å². The highest BCUT2D eigenvalue weighted by atomic mass is 16.2. The second kappa shape index (κ2) is 5.74. The van der Waals surface area contributed by atoms with Gasteiger partial charge in [0.15, 0.2) is 0 Å². The van der Waals surface area contributed by atoms with E-state index >= 15 is 0 Å². The van der Waals surface area contributed by atoms with Crippen LogP contribution in [0.25, 0.3) is 0 Å². The molecule has 0 saturated carbocycles. The maximum Gasteiger partial charge on any atom is 0.258 e. The first-order chi connectivity index (χ1) is 9.51. The van der Waals surface area contributed by atoms with Crippen molar-refractivity contribution >= 4 is 17.4 Å². The lowest BCUT2D eigenvalue weighted by atomic mass is 10.1. The van der Waals surface area contributed by atoms with Gasteiger partial charge in [-0.2, -0.15) is 0 Å². The molecule has 0 atom stereocenters. The number of nitrogens with two attached hydrogens (primary N) is 1. The maximum atomic E-state index is 12.4. The first-order valence-corrected chi connectivity index (χ1v) is 6.62. The van der Waals surface area contributed by atoms with Crippen molar-refractivity contribution in [1.29, 1.82) is 0 Å². The van der Waals surface area contributed by atoms with Crippen LogP contribution < -0.4 is 10.6 Å². The first-order valence-electron chi connectivity index (χ1n) is 6.62. The zero-order valence-corrected chi connectivity index (χ0v) is 12.1. The number of aromatic nitrogens is 1. The summed E-state index contributed by atoms with van der Waals surface area (Å²) in [5, 5.41) is 0. The van der Waals surface area contributed by atoms with Gasteiger partial charge in [-0.05, 0) is 43.2 Å². The molecule has 20 heavy (non-hydrogen) atoms. The summed E-state index contributed by atoms with van der Waals surface area (Å²) in [6, 6.07) is 11.3. The lowest BCUT2D eigenvalue weighted by Gasteiger charge is -2.18. The molecule has 1 heterocycles. The molecular weight excluding hydrogens is 250 g/mol. The molecule has 2 aromatic rings. The zero-order chi connectivity index (χ0) is 14.7. The normalized spacial score (nSPS) is 10.3. The highest BCUT2D eigenvalue weighted by molar-refractivity contribution is 6.06. The van der Waals surface area contributed by atoms with Gasteiger partial charge in [-0.25, -0.2) is 4.98 Å². The molecule has 1 aromatic carbocycles. The SMILES string of the molecule is CCc1ccc(N(C)C(=O)c2cc(C)nc(N)c2)cc1. The van der Waals surface area contributed by atoms with Crippen molar-refractivity contribution in [1.82, 2.24) is 4.98 Å². The van der Waals surface area contributed by atoms with Crippen LogP contribution in [-0.4, -0.2) is 17.9 Å². The number of benzene rings is 1. The van der Waals surface area contributed by atoms with Crippen molar-refractivity contribution < 1.29 is 4.79 Å². The summed E-state index contributed by atoms with van der Waals surface area (Å²) in [6.07, 6.45) is 0.984. The molecule has 0 fully saturated rings. The molecule has 0 aliphatic carbocycles. The van der Waals surface area contributed by atoms with Crippen LogP contribution in [0, 0.1) is 6.92 Å². The largest absolute Gasteiger partial charge is 0.384 e. The minimum absolute atomic E-state index is 0.0913. The van der Waals surface area contributed by atoms with Crippen LogP contribution in [0.2, 0.25) is 0 Å². The molecule has 2 N–H and O–H groups in total. The van der Waals surface area contributed by atoms with Crippen molar-refractivity contribution in [3.8, 4) is 0 Å². The number of amides is 1. The molecule has 4 heteroatoms. The fourth-order valence-electron chi connectivity index (χ4n) is 2.08. The molecule has 0 saturated heterocycles. The Hall–Kier alpha value is -2.36. The minimum atomic E-state index is -0.0913. The van der Waals surface area contributed by atoms with E-state index in [2.05, 4.69) is 11.9 Å². The zero-order valence-electron chi connectivity index (χ0n) is 12.1. The molecule has 1 amide bonds. The van der Waals surface area contributed by atoms with Gasteiger partial charge in [0.25, 0.3) is 5.91 Å². The molecule has 0 radical (unpaired) electrons. The Morgan fingerprint density at radius 1 is 1.25 bits per heavy atom. The fraction of sp³-hybridized carbons (Fsp3) is 0.250. The fourth-order valence-corrected chi connectivity index (χ4v) is 2.08. The molecule has 104 valence electrons. The summed E-state index contributed by atoms with van der Waals surface area (Å²) in [6.45, 7) is 3.93. The van der Waals surface area contributed by atoms with Crippen molar-refractivity contribution in [3.05, 3.63) is 53.2 Å². The van der Waals surface area contributed by atoms with Crippen molar-refractivity contribution in [2.24, 2.45) is 0 Å². The summed E-state index contributed by atoms with van der Waals surface area (Å²) in [4.78, 5) is 18.1. The number of carbonyl (C=O) groups excluding carboxylic acids is 1. The van der Waals surface area contributed by atoms with Crippen LogP contribution in [0.3, 0.4) is 0 Å². The molecule has 2 rings (SSSR count).